The van der Waals surface area contributed by atoms with Gasteiger partial charge in [0.25, 0.3) is 0 Å². The van der Waals surface area contributed by atoms with Crippen LogP contribution in [0.1, 0.15) is 22.3 Å². The van der Waals surface area contributed by atoms with E-state index in [9.17, 15) is 0 Å². The molecule has 0 amide bonds. The van der Waals surface area contributed by atoms with Crippen LogP contribution < -0.4 is 9.80 Å². The van der Waals surface area contributed by atoms with Gasteiger partial charge >= 0.3 is 0 Å². The second-order valence-corrected chi connectivity index (χ2v) is 16.8. The van der Waals surface area contributed by atoms with Gasteiger partial charge in [-0.3, -0.25) is 0 Å². The van der Waals surface area contributed by atoms with Crippen LogP contribution in [-0.4, -0.2) is 0 Å². The Hall–Kier alpha value is -6.40. The van der Waals surface area contributed by atoms with Crippen LogP contribution in [-0.2, 0) is 0 Å². The summed E-state index contributed by atoms with van der Waals surface area (Å²) in [5.74, 6) is 1.77. The van der Waals surface area contributed by atoms with Gasteiger partial charge in [-0.15, -0.1) is 22.7 Å². The molecule has 0 aliphatic rings. The molecule has 0 unspecified atom stereocenters. The molecule has 0 saturated heterocycles. The summed E-state index contributed by atoms with van der Waals surface area (Å²) >= 11 is 3.51. The summed E-state index contributed by atoms with van der Waals surface area (Å²) in [5, 5.41) is 0. The molecule has 9 rings (SSSR count). The first-order valence-corrected chi connectivity index (χ1v) is 20.9. The summed E-state index contributed by atoms with van der Waals surface area (Å²) in [7, 11) is 0. The lowest BCUT2D eigenvalue weighted by atomic mass is 10.1. The Morgan fingerprint density at radius 1 is 0.281 bits per heavy atom. The Bertz CT molecular complexity index is 2450. The smallest absolute Gasteiger partial charge is 0.144 e. The van der Waals surface area contributed by atoms with Crippen LogP contribution in [0.4, 0.5) is 34.1 Å². The third-order valence-electron chi connectivity index (χ3n) is 10.3. The van der Waals surface area contributed by atoms with Crippen LogP contribution in [0, 0.1) is 27.7 Å². The topological polar surface area (TPSA) is 19.6 Å². The molecule has 0 saturated carbocycles. The van der Waals surface area contributed by atoms with Crippen molar-refractivity contribution in [2.75, 3.05) is 9.80 Å². The second kappa shape index (κ2) is 15.6. The molecule has 6 aromatic carbocycles. The lowest BCUT2D eigenvalue weighted by Gasteiger charge is -2.26. The molecule has 0 fully saturated rings. The van der Waals surface area contributed by atoms with Crippen molar-refractivity contribution in [3.05, 3.63) is 204 Å². The first-order chi connectivity index (χ1) is 27.8. The molecule has 57 heavy (non-hydrogen) atoms. The number of hydrogen-bond donors (Lipinski definition) is 0. The van der Waals surface area contributed by atoms with Crippen molar-refractivity contribution in [2.24, 2.45) is 0 Å². The minimum Gasteiger partial charge on any atom is -0.454 e. The molecule has 3 nitrogen and oxygen atoms in total. The monoisotopic (exact) mass is 774 g/mol. The van der Waals surface area contributed by atoms with E-state index in [-0.39, 0.29) is 0 Å². The largest absolute Gasteiger partial charge is 0.454 e. The van der Waals surface area contributed by atoms with E-state index < -0.39 is 0 Å². The van der Waals surface area contributed by atoms with Gasteiger partial charge in [0.2, 0.25) is 0 Å². The van der Waals surface area contributed by atoms with Crippen molar-refractivity contribution in [2.45, 2.75) is 27.7 Å². The minimum absolute atomic E-state index is 0.884. The van der Waals surface area contributed by atoms with Crippen molar-refractivity contribution in [1.29, 1.82) is 0 Å². The Labute approximate surface area is 343 Å². The van der Waals surface area contributed by atoms with Gasteiger partial charge in [-0.1, -0.05) is 95.1 Å². The Balaban J connectivity index is 0.919. The maximum Gasteiger partial charge on any atom is 0.144 e. The molecule has 278 valence electrons. The van der Waals surface area contributed by atoms with E-state index in [0.29, 0.717) is 0 Å². The van der Waals surface area contributed by atoms with E-state index in [1.807, 2.05) is 0 Å². The van der Waals surface area contributed by atoms with Crippen molar-refractivity contribution >= 4 is 56.8 Å². The van der Waals surface area contributed by atoms with Gasteiger partial charge in [-0.25, -0.2) is 0 Å². The molecule has 0 bridgehead atoms. The fourth-order valence-electron chi connectivity index (χ4n) is 7.07. The summed E-state index contributed by atoms with van der Waals surface area (Å²) in [6, 6.07) is 65.5. The highest BCUT2D eigenvalue weighted by molar-refractivity contribution is 7.19. The molecular formula is C52H42N2OS2. The van der Waals surface area contributed by atoms with Crippen LogP contribution in [0.5, 0.6) is 0 Å². The van der Waals surface area contributed by atoms with E-state index in [2.05, 4.69) is 219 Å². The molecule has 0 radical (unpaired) electrons. The average Bonchev–Trinajstić information content (AvgIpc) is 4.04. The summed E-state index contributed by atoms with van der Waals surface area (Å²) in [6.45, 7) is 8.50. The minimum atomic E-state index is 0.884. The average molecular weight is 775 g/mol. The predicted octanol–water partition coefficient (Wildman–Crippen LogP) is 16.2. The number of hydrogen-bond acceptors (Lipinski definition) is 5. The zero-order valence-electron chi connectivity index (χ0n) is 32.4. The molecule has 0 aliphatic heterocycles. The quantitative estimate of drug-likeness (QED) is 0.138. The van der Waals surface area contributed by atoms with E-state index in [1.54, 1.807) is 22.7 Å². The van der Waals surface area contributed by atoms with Gasteiger partial charge < -0.3 is 14.2 Å². The lowest BCUT2D eigenvalue weighted by molar-refractivity contribution is 0.600. The maximum atomic E-state index is 6.49. The highest BCUT2D eigenvalue weighted by Gasteiger charge is 2.17. The zero-order valence-corrected chi connectivity index (χ0v) is 34.1. The predicted molar refractivity (Wildman–Crippen MR) is 245 cm³/mol. The first kappa shape index (κ1) is 36.3. The van der Waals surface area contributed by atoms with Crippen molar-refractivity contribution in [1.82, 2.24) is 0 Å². The van der Waals surface area contributed by atoms with Gasteiger partial charge in [0.05, 0.1) is 9.75 Å². The molecule has 9 aromatic rings. The number of aryl methyl sites for hydroxylation is 4. The normalized spacial score (nSPS) is 11.2. The maximum absolute atomic E-state index is 6.49. The Morgan fingerprint density at radius 2 is 0.526 bits per heavy atom. The molecule has 0 N–H and O–H groups in total. The lowest BCUT2D eigenvalue weighted by Crippen LogP contribution is -2.09. The van der Waals surface area contributed by atoms with Crippen LogP contribution in [0.15, 0.2) is 186 Å². The fourth-order valence-corrected chi connectivity index (χ4v) is 9.02. The van der Waals surface area contributed by atoms with E-state index in [1.165, 1.54) is 43.1 Å². The molecule has 5 heteroatoms. The van der Waals surface area contributed by atoms with Crippen LogP contribution in [0.25, 0.3) is 42.2 Å². The highest BCUT2D eigenvalue weighted by Crippen LogP contribution is 2.42. The van der Waals surface area contributed by atoms with Crippen LogP contribution in [0.2, 0.25) is 0 Å². The number of benzene rings is 6. The van der Waals surface area contributed by atoms with E-state index in [0.717, 1.165) is 55.4 Å². The van der Waals surface area contributed by atoms with E-state index in [4.69, 9.17) is 4.42 Å². The standard InChI is InChI=1S/C52H42N2OS2/c1-35-5-17-41(18-6-35)53(42-19-7-36(2)8-20-42)45-25-13-39(14-26-45)49-31-33-51(56-49)47-29-30-48(55-47)52-34-32-50(57-52)40-15-27-46(28-16-40)54(43-21-9-37(3)10-22-43)44-23-11-38(4)12-24-44/h5-34H,1-4H3. The molecule has 0 atom stereocenters. The van der Waals surface area contributed by atoms with Crippen molar-refractivity contribution < 1.29 is 4.42 Å². The Morgan fingerprint density at radius 3 is 0.807 bits per heavy atom. The summed E-state index contributed by atoms with van der Waals surface area (Å²) < 4.78 is 6.49. The molecule has 3 aromatic heterocycles. The van der Waals surface area contributed by atoms with Crippen molar-refractivity contribution in [3.8, 4) is 42.2 Å². The second-order valence-electron chi connectivity index (χ2n) is 14.6. The number of thiophene rings is 2. The summed E-state index contributed by atoms with van der Waals surface area (Å²) in [4.78, 5) is 9.25. The third kappa shape index (κ3) is 7.73. The highest BCUT2D eigenvalue weighted by atomic mass is 32.1. The SMILES string of the molecule is Cc1ccc(N(c2ccc(C)cc2)c2ccc(-c3ccc(-c4ccc(-c5ccc(-c6ccc(N(c7ccc(C)cc7)c7ccc(C)cc7)cc6)s5)o4)s3)cc2)cc1. The van der Waals surface area contributed by atoms with Gasteiger partial charge in [0.1, 0.15) is 11.5 Å². The summed E-state index contributed by atoms with van der Waals surface area (Å²) in [6.07, 6.45) is 0. The van der Waals surface area contributed by atoms with Crippen LogP contribution >= 0.6 is 22.7 Å². The number of nitrogens with zero attached hydrogens (tertiary/aromatic N) is 2. The van der Waals surface area contributed by atoms with Gasteiger partial charge in [-0.05, 0) is 148 Å². The first-order valence-electron chi connectivity index (χ1n) is 19.2. The van der Waals surface area contributed by atoms with E-state index >= 15 is 0 Å². The molecule has 0 spiro atoms. The third-order valence-corrected chi connectivity index (χ3v) is 12.6. The van der Waals surface area contributed by atoms with Gasteiger partial charge in [-0.2, -0.15) is 0 Å². The number of rotatable bonds is 10. The zero-order chi connectivity index (χ0) is 38.9. The van der Waals surface area contributed by atoms with Gasteiger partial charge in [0.15, 0.2) is 0 Å². The van der Waals surface area contributed by atoms with Gasteiger partial charge in [0, 0.05) is 43.9 Å². The number of anilines is 6. The van der Waals surface area contributed by atoms with Crippen LogP contribution in [0.3, 0.4) is 0 Å². The Kier molecular flexibility index (Phi) is 9.93. The molecule has 3 heterocycles. The van der Waals surface area contributed by atoms with Crippen molar-refractivity contribution in [3.63, 3.8) is 0 Å². The molecule has 0 aliphatic carbocycles. The summed E-state index contributed by atoms with van der Waals surface area (Å²) in [5.41, 5.74) is 14.2. The fraction of sp³-hybridized carbons (Fsp3) is 0.0769. The molecular weight excluding hydrogens is 733 g/mol. The number of furan rings is 1.